The maximum absolute atomic E-state index is 5.91. The van der Waals surface area contributed by atoms with Gasteiger partial charge >= 0.3 is 0 Å². The quantitative estimate of drug-likeness (QED) is 0.762. The second kappa shape index (κ2) is 3.38. The summed E-state index contributed by atoms with van der Waals surface area (Å²) in [7, 11) is 0. The van der Waals surface area contributed by atoms with Crippen molar-refractivity contribution in [3.05, 3.63) is 33.0 Å². The van der Waals surface area contributed by atoms with E-state index in [4.69, 9.17) is 28.9 Å². The first-order chi connectivity index (χ1) is 5.47. The van der Waals surface area contributed by atoms with Crippen LogP contribution in [0.2, 0.25) is 8.67 Å². The van der Waals surface area contributed by atoms with Gasteiger partial charge in [0, 0.05) is 5.56 Å². The molecule has 66 valence electrons. The lowest BCUT2D eigenvalue weighted by molar-refractivity contribution is 0.635. The molecule has 4 heteroatoms. The minimum atomic E-state index is -0.597. The Morgan fingerprint density at radius 3 is 2.58 bits per heavy atom. The summed E-state index contributed by atoms with van der Waals surface area (Å²) in [5.41, 5.74) is 6.13. The van der Waals surface area contributed by atoms with Gasteiger partial charge in [-0.3, -0.25) is 0 Å². The van der Waals surface area contributed by atoms with E-state index >= 15 is 0 Å². The Balaban J connectivity index is 3.18. The molecular weight excluding hydrogens is 213 g/mol. The molecule has 1 heterocycles. The van der Waals surface area contributed by atoms with E-state index in [9.17, 15) is 0 Å². The summed E-state index contributed by atoms with van der Waals surface area (Å²) in [5, 5.41) is 0. The smallest absolute Gasteiger partial charge is 0.0997 e. The van der Waals surface area contributed by atoms with Crippen molar-refractivity contribution in [3.63, 3.8) is 0 Å². The molecule has 0 spiro atoms. The highest BCUT2D eigenvalue weighted by Gasteiger charge is 2.22. The van der Waals surface area contributed by atoms with Crippen molar-refractivity contribution in [1.29, 1.82) is 0 Å². The van der Waals surface area contributed by atoms with Gasteiger partial charge in [-0.15, -0.1) is 17.9 Å². The SMILES string of the molecule is C=C[C@@](C)(N)c1cc(Cl)sc1Cl. The van der Waals surface area contributed by atoms with E-state index in [0.717, 1.165) is 5.56 Å². The standard InChI is InChI=1S/C8H9Cl2NS/c1-3-8(2,11)5-4-6(9)12-7(5)10/h3-4H,1,11H2,2H3/t8-/m1/s1. The summed E-state index contributed by atoms with van der Waals surface area (Å²) >= 11 is 13.0. The van der Waals surface area contributed by atoms with Crippen molar-refractivity contribution in [2.24, 2.45) is 5.73 Å². The third kappa shape index (κ3) is 1.83. The number of nitrogens with two attached hydrogens (primary N) is 1. The molecule has 0 aliphatic rings. The molecule has 1 rings (SSSR count). The summed E-state index contributed by atoms with van der Waals surface area (Å²) in [6.07, 6.45) is 1.65. The third-order valence-electron chi connectivity index (χ3n) is 1.66. The van der Waals surface area contributed by atoms with Crippen LogP contribution in [-0.2, 0) is 5.54 Å². The average molecular weight is 222 g/mol. The second-order valence-electron chi connectivity index (χ2n) is 2.72. The molecule has 0 aromatic carbocycles. The van der Waals surface area contributed by atoms with Gasteiger partial charge in [0.15, 0.2) is 0 Å². The van der Waals surface area contributed by atoms with Crippen molar-refractivity contribution >= 4 is 34.5 Å². The van der Waals surface area contributed by atoms with Gasteiger partial charge < -0.3 is 5.73 Å². The van der Waals surface area contributed by atoms with Crippen molar-refractivity contribution in [2.45, 2.75) is 12.5 Å². The van der Waals surface area contributed by atoms with Crippen molar-refractivity contribution in [2.75, 3.05) is 0 Å². The topological polar surface area (TPSA) is 26.0 Å². The fourth-order valence-electron chi connectivity index (χ4n) is 0.817. The normalized spacial score (nSPS) is 15.7. The first-order valence-corrected chi connectivity index (χ1v) is 4.92. The van der Waals surface area contributed by atoms with Gasteiger partial charge in [-0.05, 0) is 13.0 Å². The lowest BCUT2D eigenvalue weighted by atomic mass is 9.97. The van der Waals surface area contributed by atoms with E-state index < -0.39 is 5.54 Å². The minimum Gasteiger partial charge on any atom is -0.318 e. The van der Waals surface area contributed by atoms with Crippen LogP contribution in [0.3, 0.4) is 0 Å². The van der Waals surface area contributed by atoms with E-state index in [1.54, 1.807) is 12.1 Å². The number of hydrogen-bond donors (Lipinski definition) is 1. The van der Waals surface area contributed by atoms with E-state index in [0.29, 0.717) is 8.67 Å². The van der Waals surface area contributed by atoms with Gasteiger partial charge in [-0.25, -0.2) is 0 Å². The summed E-state index contributed by atoms with van der Waals surface area (Å²) in [6.45, 7) is 5.47. The molecule has 1 aromatic heterocycles. The number of hydrogen-bond acceptors (Lipinski definition) is 2. The van der Waals surface area contributed by atoms with Crippen LogP contribution in [0.25, 0.3) is 0 Å². The van der Waals surface area contributed by atoms with E-state index in [1.807, 2.05) is 6.92 Å². The average Bonchev–Trinajstić information content (AvgIpc) is 2.31. The molecule has 0 unspecified atom stereocenters. The highest BCUT2D eigenvalue weighted by atomic mass is 35.5. The van der Waals surface area contributed by atoms with Crippen LogP contribution in [0.1, 0.15) is 12.5 Å². The van der Waals surface area contributed by atoms with E-state index in [2.05, 4.69) is 6.58 Å². The zero-order valence-electron chi connectivity index (χ0n) is 6.60. The molecule has 0 fully saturated rings. The molecule has 0 aliphatic heterocycles. The summed E-state index contributed by atoms with van der Waals surface area (Å²) in [6, 6.07) is 1.77. The molecule has 1 atom stereocenters. The molecule has 0 radical (unpaired) electrons. The molecule has 1 aromatic rings. The molecule has 1 nitrogen and oxygen atoms in total. The Morgan fingerprint density at radius 1 is 1.67 bits per heavy atom. The Kier molecular flexibility index (Phi) is 2.84. The Labute approximate surface area is 85.8 Å². The summed E-state index contributed by atoms with van der Waals surface area (Å²) in [5.74, 6) is 0. The molecule has 0 bridgehead atoms. The fraction of sp³-hybridized carbons (Fsp3) is 0.250. The van der Waals surface area contributed by atoms with Crippen LogP contribution < -0.4 is 5.73 Å². The van der Waals surface area contributed by atoms with Gasteiger partial charge in [0.1, 0.15) is 0 Å². The van der Waals surface area contributed by atoms with Crippen LogP contribution in [0.15, 0.2) is 18.7 Å². The molecule has 0 amide bonds. The summed E-state index contributed by atoms with van der Waals surface area (Å²) in [4.78, 5) is 0. The van der Waals surface area contributed by atoms with Crippen LogP contribution in [-0.4, -0.2) is 0 Å². The van der Waals surface area contributed by atoms with Gasteiger partial charge in [0.2, 0.25) is 0 Å². The van der Waals surface area contributed by atoms with Crippen molar-refractivity contribution in [3.8, 4) is 0 Å². The highest BCUT2D eigenvalue weighted by molar-refractivity contribution is 7.20. The first kappa shape index (κ1) is 10.1. The third-order valence-corrected chi connectivity index (χ3v) is 3.15. The molecule has 0 saturated carbocycles. The maximum atomic E-state index is 5.91. The highest BCUT2D eigenvalue weighted by Crippen LogP contribution is 2.36. The molecule has 2 N–H and O–H groups in total. The Bertz CT molecular complexity index is 304. The maximum Gasteiger partial charge on any atom is 0.0997 e. The van der Waals surface area contributed by atoms with Crippen LogP contribution in [0, 0.1) is 0 Å². The Morgan fingerprint density at radius 2 is 2.25 bits per heavy atom. The molecule has 0 aliphatic carbocycles. The largest absolute Gasteiger partial charge is 0.318 e. The predicted molar refractivity (Wildman–Crippen MR) is 56.1 cm³/mol. The zero-order chi connectivity index (χ0) is 9.35. The molecular formula is C8H9Cl2NS. The van der Waals surface area contributed by atoms with Crippen LogP contribution >= 0.6 is 34.5 Å². The van der Waals surface area contributed by atoms with Gasteiger partial charge in [-0.1, -0.05) is 29.3 Å². The molecule has 0 saturated heterocycles. The van der Waals surface area contributed by atoms with Crippen LogP contribution in [0.4, 0.5) is 0 Å². The van der Waals surface area contributed by atoms with E-state index in [1.165, 1.54) is 11.3 Å². The second-order valence-corrected chi connectivity index (χ2v) is 5.01. The van der Waals surface area contributed by atoms with Gasteiger partial charge in [0.05, 0.1) is 14.2 Å². The Hall–Kier alpha value is -0.0200. The van der Waals surface area contributed by atoms with Gasteiger partial charge in [-0.2, -0.15) is 0 Å². The predicted octanol–water partition coefficient (Wildman–Crippen LogP) is 3.41. The van der Waals surface area contributed by atoms with Crippen molar-refractivity contribution in [1.82, 2.24) is 0 Å². The zero-order valence-corrected chi connectivity index (χ0v) is 8.93. The number of thiophene rings is 1. The lowest BCUT2D eigenvalue weighted by Gasteiger charge is -2.18. The van der Waals surface area contributed by atoms with Crippen LogP contribution in [0.5, 0.6) is 0 Å². The molecule has 12 heavy (non-hydrogen) atoms. The lowest BCUT2D eigenvalue weighted by Crippen LogP contribution is -2.29. The number of halogens is 2. The van der Waals surface area contributed by atoms with Gasteiger partial charge in [0.25, 0.3) is 0 Å². The van der Waals surface area contributed by atoms with Crippen molar-refractivity contribution < 1.29 is 0 Å². The summed E-state index contributed by atoms with van der Waals surface area (Å²) < 4.78 is 1.28. The van der Waals surface area contributed by atoms with E-state index in [-0.39, 0.29) is 0 Å². The number of rotatable bonds is 2. The first-order valence-electron chi connectivity index (χ1n) is 3.35. The monoisotopic (exact) mass is 221 g/mol. The minimum absolute atomic E-state index is 0.597. The fourth-order valence-corrected chi connectivity index (χ4v) is 2.52.